The first-order valence-corrected chi connectivity index (χ1v) is 8.74. The largest absolute Gasteiger partial charge is 0.496 e. The first-order chi connectivity index (χ1) is 9.49. The van der Waals surface area contributed by atoms with Crippen LogP contribution in [0.4, 0.5) is 0 Å². The van der Waals surface area contributed by atoms with Gasteiger partial charge in [0.25, 0.3) is 0 Å². The van der Waals surface area contributed by atoms with Crippen molar-refractivity contribution in [3.8, 4) is 5.75 Å². The Balaban J connectivity index is 2.34. The number of nitrogens with one attached hydrogen (secondary N) is 1. The molecule has 1 fully saturated rings. The van der Waals surface area contributed by atoms with Gasteiger partial charge < -0.3 is 10.1 Å². The number of hydrogen-bond acceptors (Lipinski definition) is 4. The highest BCUT2D eigenvalue weighted by Gasteiger charge is 2.35. The molecule has 4 nitrogen and oxygen atoms in total. The standard InChI is InChI=1S/C15H23NO3S/c1-11-10-12(7-8-13(11)19-3)15(16-2)14-6-4-5-9-20(14,17)18/h7-8,10,14-16H,4-6,9H2,1-3H3. The second-order valence-electron chi connectivity index (χ2n) is 5.40. The molecule has 0 spiro atoms. The van der Waals surface area contributed by atoms with Crippen LogP contribution in [0.2, 0.25) is 0 Å². The van der Waals surface area contributed by atoms with Gasteiger partial charge in [-0.15, -0.1) is 0 Å². The first-order valence-electron chi connectivity index (χ1n) is 7.03. The average Bonchev–Trinajstić information content (AvgIpc) is 2.41. The normalized spacial score (nSPS) is 23.2. The van der Waals surface area contributed by atoms with Crippen LogP contribution in [0.1, 0.15) is 36.4 Å². The molecule has 0 bridgehead atoms. The summed E-state index contributed by atoms with van der Waals surface area (Å²) in [6.45, 7) is 1.98. The molecule has 2 unspecified atom stereocenters. The average molecular weight is 297 g/mol. The zero-order valence-electron chi connectivity index (χ0n) is 12.3. The Morgan fingerprint density at radius 1 is 1.35 bits per heavy atom. The summed E-state index contributed by atoms with van der Waals surface area (Å²) >= 11 is 0. The van der Waals surface area contributed by atoms with Crippen LogP contribution in [0.15, 0.2) is 18.2 Å². The maximum Gasteiger partial charge on any atom is 0.155 e. The van der Waals surface area contributed by atoms with Crippen LogP contribution < -0.4 is 10.1 Å². The number of hydrogen-bond donors (Lipinski definition) is 1. The van der Waals surface area contributed by atoms with Crippen LogP contribution in [0.5, 0.6) is 5.75 Å². The van der Waals surface area contributed by atoms with Gasteiger partial charge in [0, 0.05) is 6.04 Å². The Bertz CT molecular complexity index is 568. The maximum atomic E-state index is 12.3. The first kappa shape index (κ1) is 15.3. The minimum Gasteiger partial charge on any atom is -0.496 e. The fraction of sp³-hybridized carbons (Fsp3) is 0.600. The molecule has 1 aromatic rings. The molecule has 1 heterocycles. The summed E-state index contributed by atoms with van der Waals surface area (Å²) in [5.74, 6) is 1.14. The van der Waals surface area contributed by atoms with E-state index >= 15 is 0 Å². The minimum absolute atomic E-state index is 0.148. The van der Waals surface area contributed by atoms with Gasteiger partial charge in [0.2, 0.25) is 0 Å². The zero-order chi connectivity index (χ0) is 14.8. The van der Waals surface area contributed by atoms with Gasteiger partial charge in [0.05, 0.1) is 18.1 Å². The molecule has 0 radical (unpaired) electrons. The maximum absolute atomic E-state index is 12.3. The lowest BCUT2D eigenvalue weighted by atomic mass is 9.98. The molecule has 2 rings (SSSR count). The molecule has 1 aliphatic heterocycles. The monoisotopic (exact) mass is 297 g/mol. The Hall–Kier alpha value is -1.07. The van der Waals surface area contributed by atoms with Crippen molar-refractivity contribution in [3.05, 3.63) is 29.3 Å². The fourth-order valence-electron chi connectivity index (χ4n) is 3.02. The lowest BCUT2D eigenvalue weighted by molar-refractivity contribution is 0.410. The van der Waals surface area contributed by atoms with Gasteiger partial charge in [0.1, 0.15) is 5.75 Å². The number of benzene rings is 1. The molecule has 0 aromatic heterocycles. The highest BCUT2D eigenvalue weighted by atomic mass is 32.2. The Kier molecular flexibility index (Phi) is 4.70. The van der Waals surface area contributed by atoms with Crippen LogP contribution in [0, 0.1) is 6.92 Å². The summed E-state index contributed by atoms with van der Waals surface area (Å²) < 4.78 is 29.9. The highest BCUT2D eigenvalue weighted by Crippen LogP contribution is 2.32. The Labute approximate surface area is 121 Å². The van der Waals surface area contributed by atoms with E-state index in [0.717, 1.165) is 36.1 Å². The number of aryl methyl sites for hydroxylation is 1. The molecule has 20 heavy (non-hydrogen) atoms. The van der Waals surface area contributed by atoms with Crippen molar-refractivity contribution in [1.29, 1.82) is 0 Å². The Morgan fingerprint density at radius 2 is 2.10 bits per heavy atom. The molecular formula is C15H23NO3S. The smallest absolute Gasteiger partial charge is 0.155 e. The molecule has 1 N–H and O–H groups in total. The quantitative estimate of drug-likeness (QED) is 0.926. The van der Waals surface area contributed by atoms with Crippen LogP contribution in [-0.2, 0) is 9.84 Å². The lowest BCUT2D eigenvalue weighted by Crippen LogP contribution is -2.39. The number of sulfone groups is 1. The van der Waals surface area contributed by atoms with E-state index in [1.807, 2.05) is 32.2 Å². The zero-order valence-corrected chi connectivity index (χ0v) is 13.2. The van der Waals surface area contributed by atoms with Gasteiger partial charge in [0.15, 0.2) is 9.84 Å². The van der Waals surface area contributed by atoms with Crippen LogP contribution in [0.3, 0.4) is 0 Å². The van der Waals surface area contributed by atoms with Crippen LogP contribution in [0.25, 0.3) is 0 Å². The molecular weight excluding hydrogens is 274 g/mol. The van der Waals surface area contributed by atoms with Gasteiger partial charge in [-0.25, -0.2) is 8.42 Å². The second kappa shape index (κ2) is 6.14. The van der Waals surface area contributed by atoms with Crippen LogP contribution in [-0.4, -0.2) is 33.6 Å². The van der Waals surface area contributed by atoms with Crippen molar-refractivity contribution < 1.29 is 13.2 Å². The van der Waals surface area contributed by atoms with Crippen molar-refractivity contribution in [1.82, 2.24) is 5.32 Å². The van der Waals surface area contributed by atoms with E-state index in [-0.39, 0.29) is 11.3 Å². The molecule has 0 aliphatic carbocycles. The topological polar surface area (TPSA) is 55.4 Å². The van der Waals surface area contributed by atoms with Gasteiger partial charge in [-0.1, -0.05) is 18.6 Å². The molecule has 1 saturated heterocycles. The summed E-state index contributed by atoms with van der Waals surface area (Å²) in [7, 11) is 0.464. The van der Waals surface area contributed by atoms with Crippen molar-refractivity contribution in [2.24, 2.45) is 0 Å². The molecule has 5 heteroatoms. The van der Waals surface area contributed by atoms with Crippen molar-refractivity contribution in [3.63, 3.8) is 0 Å². The van der Waals surface area contributed by atoms with E-state index < -0.39 is 9.84 Å². The summed E-state index contributed by atoms with van der Waals surface area (Å²) in [6.07, 6.45) is 2.51. The summed E-state index contributed by atoms with van der Waals surface area (Å²) in [5, 5.41) is 2.86. The van der Waals surface area contributed by atoms with E-state index in [0.29, 0.717) is 5.75 Å². The number of methoxy groups -OCH3 is 1. The molecule has 1 aromatic carbocycles. The van der Waals surface area contributed by atoms with Crippen molar-refractivity contribution >= 4 is 9.84 Å². The van der Waals surface area contributed by atoms with E-state index in [1.165, 1.54) is 0 Å². The third kappa shape index (κ3) is 2.99. The lowest BCUT2D eigenvalue weighted by Gasteiger charge is -2.30. The molecule has 112 valence electrons. The van der Waals surface area contributed by atoms with Gasteiger partial charge in [-0.05, 0) is 44.0 Å². The van der Waals surface area contributed by atoms with Gasteiger partial charge in [-0.3, -0.25) is 0 Å². The molecule has 0 saturated carbocycles. The van der Waals surface area contributed by atoms with Gasteiger partial charge >= 0.3 is 0 Å². The Morgan fingerprint density at radius 3 is 2.65 bits per heavy atom. The van der Waals surface area contributed by atoms with E-state index in [1.54, 1.807) is 7.11 Å². The van der Waals surface area contributed by atoms with Crippen molar-refractivity contribution in [2.45, 2.75) is 37.5 Å². The molecule has 0 amide bonds. The number of ether oxygens (including phenoxy) is 1. The van der Waals surface area contributed by atoms with E-state index in [2.05, 4.69) is 5.32 Å². The highest BCUT2D eigenvalue weighted by molar-refractivity contribution is 7.92. The molecule has 1 aliphatic rings. The third-order valence-corrected chi connectivity index (χ3v) is 6.38. The summed E-state index contributed by atoms with van der Waals surface area (Å²) in [5.41, 5.74) is 2.04. The predicted octanol–water partition coefficient (Wildman–Crippen LogP) is 2.23. The summed E-state index contributed by atoms with van der Waals surface area (Å²) in [6, 6.07) is 5.73. The van der Waals surface area contributed by atoms with E-state index in [4.69, 9.17) is 4.74 Å². The summed E-state index contributed by atoms with van der Waals surface area (Å²) in [4.78, 5) is 0. The molecule has 2 atom stereocenters. The van der Waals surface area contributed by atoms with Crippen LogP contribution >= 0.6 is 0 Å². The SMILES string of the molecule is CNC(c1ccc(OC)c(C)c1)C1CCCCS1(=O)=O. The third-order valence-electron chi connectivity index (χ3n) is 4.09. The number of rotatable bonds is 4. The van der Waals surface area contributed by atoms with Gasteiger partial charge in [-0.2, -0.15) is 0 Å². The predicted molar refractivity (Wildman–Crippen MR) is 81.0 cm³/mol. The fourth-order valence-corrected chi connectivity index (χ4v) is 5.16. The van der Waals surface area contributed by atoms with Crippen molar-refractivity contribution in [2.75, 3.05) is 19.9 Å². The second-order valence-corrected chi connectivity index (χ2v) is 7.74. The van der Waals surface area contributed by atoms with E-state index in [9.17, 15) is 8.42 Å². The minimum atomic E-state index is -3.01.